The van der Waals surface area contributed by atoms with Crippen molar-refractivity contribution in [3.8, 4) is 6.07 Å². The van der Waals surface area contributed by atoms with E-state index in [1.807, 2.05) is 17.0 Å². The second-order valence-corrected chi connectivity index (χ2v) is 5.02. The number of likely N-dealkylation sites (tertiary alicyclic amines) is 1. The van der Waals surface area contributed by atoms with Gasteiger partial charge in [-0.3, -0.25) is 9.69 Å². The van der Waals surface area contributed by atoms with Gasteiger partial charge in [-0.2, -0.15) is 5.26 Å². The van der Waals surface area contributed by atoms with Crippen molar-refractivity contribution >= 4 is 5.91 Å². The highest BCUT2D eigenvalue weighted by molar-refractivity contribution is 5.83. The highest BCUT2D eigenvalue weighted by atomic mass is 16.3. The molecule has 3 N–H and O–H groups in total. The monoisotopic (exact) mass is 259 g/mol. The molecule has 1 fully saturated rings. The van der Waals surface area contributed by atoms with Crippen LogP contribution in [0.3, 0.4) is 0 Å². The first kappa shape index (κ1) is 13.5. The van der Waals surface area contributed by atoms with Crippen molar-refractivity contribution in [1.82, 2.24) is 4.90 Å². The fraction of sp³-hybridized carbons (Fsp3) is 0.429. The van der Waals surface area contributed by atoms with Gasteiger partial charge in [0.05, 0.1) is 11.6 Å². The highest BCUT2D eigenvalue weighted by Crippen LogP contribution is 2.22. The number of amides is 1. The van der Waals surface area contributed by atoms with E-state index in [2.05, 4.69) is 6.07 Å². The van der Waals surface area contributed by atoms with E-state index in [1.165, 1.54) is 0 Å². The van der Waals surface area contributed by atoms with E-state index in [1.54, 1.807) is 12.1 Å². The Morgan fingerprint density at radius 1 is 1.47 bits per heavy atom. The summed E-state index contributed by atoms with van der Waals surface area (Å²) in [5, 5.41) is 18.9. The van der Waals surface area contributed by atoms with E-state index in [0.29, 0.717) is 18.5 Å². The molecule has 0 radical (unpaired) electrons. The number of benzene rings is 1. The zero-order chi connectivity index (χ0) is 13.9. The summed E-state index contributed by atoms with van der Waals surface area (Å²) in [5.74, 6) is -0.656. The maximum absolute atomic E-state index is 11.3. The quantitative estimate of drug-likeness (QED) is 0.820. The number of piperidine rings is 1. The molecule has 0 aromatic heterocycles. The molecule has 0 aliphatic carbocycles. The summed E-state index contributed by atoms with van der Waals surface area (Å²) in [6.45, 7) is 1.74. The summed E-state index contributed by atoms with van der Waals surface area (Å²) < 4.78 is 0. The summed E-state index contributed by atoms with van der Waals surface area (Å²) in [4.78, 5) is 13.3. The fourth-order valence-corrected chi connectivity index (χ4v) is 2.40. The number of hydrogen-bond donors (Lipinski definition) is 2. The van der Waals surface area contributed by atoms with Crippen LogP contribution < -0.4 is 5.73 Å². The number of nitriles is 1. The molecular weight excluding hydrogens is 242 g/mol. The number of hydrogen-bond acceptors (Lipinski definition) is 4. The Hall–Kier alpha value is -1.90. The lowest BCUT2D eigenvalue weighted by Crippen LogP contribution is -2.55. The van der Waals surface area contributed by atoms with Crippen molar-refractivity contribution in [3.63, 3.8) is 0 Å². The predicted octanol–water partition coefficient (Wildman–Crippen LogP) is 0.370. The molecule has 2 rings (SSSR count). The SMILES string of the molecule is N#Cc1ccc(CN2CCC[C@@](O)(C(N)=O)C2)cc1. The van der Waals surface area contributed by atoms with E-state index < -0.39 is 11.5 Å². The summed E-state index contributed by atoms with van der Waals surface area (Å²) in [6, 6.07) is 9.37. The smallest absolute Gasteiger partial charge is 0.250 e. The molecular formula is C14H17N3O2. The van der Waals surface area contributed by atoms with Gasteiger partial charge in [0.1, 0.15) is 0 Å². The normalized spacial score (nSPS) is 23.8. The molecule has 0 bridgehead atoms. The van der Waals surface area contributed by atoms with Crippen LogP contribution in [0.2, 0.25) is 0 Å². The van der Waals surface area contributed by atoms with E-state index in [4.69, 9.17) is 11.0 Å². The predicted molar refractivity (Wildman–Crippen MR) is 69.8 cm³/mol. The first-order chi connectivity index (χ1) is 9.03. The lowest BCUT2D eigenvalue weighted by atomic mass is 9.92. The third kappa shape index (κ3) is 3.11. The standard InChI is InChI=1S/C14H17N3O2/c15-8-11-2-4-12(5-3-11)9-17-7-1-6-14(19,10-17)13(16)18/h2-5,19H,1,6-7,9-10H2,(H2,16,18)/t14-/m0/s1. The molecule has 0 unspecified atom stereocenters. The van der Waals surface area contributed by atoms with E-state index in [0.717, 1.165) is 18.5 Å². The van der Waals surface area contributed by atoms with Crippen molar-refractivity contribution in [2.24, 2.45) is 5.73 Å². The van der Waals surface area contributed by atoms with Gasteiger partial charge in [-0.1, -0.05) is 12.1 Å². The molecule has 1 heterocycles. The van der Waals surface area contributed by atoms with Gasteiger partial charge in [0.15, 0.2) is 5.60 Å². The third-order valence-electron chi connectivity index (χ3n) is 3.50. The van der Waals surface area contributed by atoms with Gasteiger partial charge in [0, 0.05) is 13.1 Å². The summed E-state index contributed by atoms with van der Waals surface area (Å²) in [5.41, 5.74) is 5.50. The van der Waals surface area contributed by atoms with Crippen molar-refractivity contribution < 1.29 is 9.90 Å². The average Bonchev–Trinajstić information content (AvgIpc) is 2.39. The number of nitrogens with two attached hydrogens (primary N) is 1. The summed E-state index contributed by atoms with van der Waals surface area (Å²) in [7, 11) is 0. The topological polar surface area (TPSA) is 90.3 Å². The Labute approximate surface area is 112 Å². The van der Waals surface area contributed by atoms with Crippen molar-refractivity contribution in [3.05, 3.63) is 35.4 Å². The summed E-state index contributed by atoms with van der Waals surface area (Å²) >= 11 is 0. The van der Waals surface area contributed by atoms with E-state index >= 15 is 0 Å². The van der Waals surface area contributed by atoms with Crippen LogP contribution in [-0.4, -0.2) is 34.6 Å². The van der Waals surface area contributed by atoms with Crippen LogP contribution in [-0.2, 0) is 11.3 Å². The lowest BCUT2D eigenvalue weighted by molar-refractivity contribution is -0.142. The number of carbonyl (C=O) groups excluding carboxylic acids is 1. The zero-order valence-electron chi connectivity index (χ0n) is 10.7. The Balaban J connectivity index is 2.02. The van der Waals surface area contributed by atoms with Crippen LogP contribution in [0, 0.1) is 11.3 Å². The molecule has 5 heteroatoms. The summed E-state index contributed by atoms with van der Waals surface area (Å²) in [6.07, 6.45) is 1.17. The van der Waals surface area contributed by atoms with Gasteiger partial charge in [0.2, 0.25) is 0 Å². The van der Waals surface area contributed by atoms with Crippen molar-refractivity contribution in [1.29, 1.82) is 5.26 Å². The number of carbonyl (C=O) groups is 1. The Bertz CT molecular complexity index is 506. The van der Waals surface area contributed by atoms with Gasteiger partial charge >= 0.3 is 0 Å². The minimum atomic E-state index is -1.41. The van der Waals surface area contributed by atoms with Gasteiger partial charge < -0.3 is 10.8 Å². The third-order valence-corrected chi connectivity index (χ3v) is 3.50. The van der Waals surface area contributed by atoms with Gasteiger partial charge in [-0.15, -0.1) is 0 Å². The Morgan fingerprint density at radius 2 is 2.16 bits per heavy atom. The second-order valence-electron chi connectivity index (χ2n) is 5.02. The molecule has 100 valence electrons. The van der Waals surface area contributed by atoms with Gasteiger partial charge in [-0.25, -0.2) is 0 Å². The number of primary amides is 1. The number of nitrogens with zero attached hydrogens (tertiary/aromatic N) is 2. The fourth-order valence-electron chi connectivity index (χ4n) is 2.40. The average molecular weight is 259 g/mol. The van der Waals surface area contributed by atoms with Crippen LogP contribution in [0.4, 0.5) is 0 Å². The number of rotatable bonds is 3. The minimum Gasteiger partial charge on any atom is -0.379 e. The molecule has 1 aliphatic heterocycles. The largest absolute Gasteiger partial charge is 0.379 e. The zero-order valence-corrected chi connectivity index (χ0v) is 10.7. The van der Waals surface area contributed by atoms with Crippen LogP contribution in [0.15, 0.2) is 24.3 Å². The van der Waals surface area contributed by atoms with Gasteiger partial charge in [0.25, 0.3) is 5.91 Å². The minimum absolute atomic E-state index is 0.266. The maximum Gasteiger partial charge on any atom is 0.250 e. The van der Waals surface area contributed by atoms with Crippen LogP contribution in [0.25, 0.3) is 0 Å². The van der Waals surface area contributed by atoms with Crippen LogP contribution in [0.1, 0.15) is 24.0 Å². The molecule has 1 aliphatic rings. The highest BCUT2D eigenvalue weighted by Gasteiger charge is 2.38. The molecule has 1 amide bonds. The first-order valence-corrected chi connectivity index (χ1v) is 6.27. The van der Waals surface area contributed by atoms with Crippen molar-refractivity contribution in [2.75, 3.05) is 13.1 Å². The Morgan fingerprint density at radius 3 is 2.74 bits per heavy atom. The molecule has 1 saturated heterocycles. The molecule has 0 saturated carbocycles. The van der Waals surface area contributed by atoms with Crippen LogP contribution >= 0.6 is 0 Å². The number of β-amino-alcohol motifs (C(OH)–C–C–N with tert-alkyl or cyclic N) is 1. The molecule has 0 spiro atoms. The molecule has 1 aromatic carbocycles. The first-order valence-electron chi connectivity index (χ1n) is 6.27. The van der Waals surface area contributed by atoms with Gasteiger partial charge in [-0.05, 0) is 37.1 Å². The number of aliphatic hydroxyl groups is 1. The lowest BCUT2D eigenvalue weighted by Gasteiger charge is -2.37. The van der Waals surface area contributed by atoms with Crippen molar-refractivity contribution in [2.45, 2.75) is 25.0 Å². The van der Waals surface area contributed by atoms with E-state index in [9.17, 15) is 9.90 Å². The van der Waals surface area contributed by atoms with E-state index in [-0.39, 0.29) is 6.54 Å². The molecule has 1 atom stereocenters. The Kier molecular flexibility index (Phi) is 3.84. The maximum atomic E-state index is 11.3. The molecule has 1 aromatic rings. The van der Waals surface area contributed by atoms with Crippen LogP contribution in [0.5, 0.6) is 0 Å². The molecule has 5 nitrogen and oxygen atoms in total. The molecule has 19 heavy (non-hydrogen) atoms. The second kappa shape index (κ2) is 5.39.